The summed E-state index contributed by atoms with van der Waals surface area (Å²) in [5.74, 6) is 2.38. The minimum atomic E-state index is -0.427. The first-order valence-electron chi connectivity index (χ1n) is 9.61. The molecule has 136 valence electrons. The summed E-state index contributed by atoms with van der Waals surface area (Å²) in [6.07, 6.45) is 5.40. The van der Waals surface area contributed by atoms with Gasteiger partial charge in [0.1, 0.15) is 0 Å². The molecule has 0 radical (unpaired) electrons. The Morgan fingerprint density at radius 2 is 2.04 bits per heavy atom. The van der Waals surface area contributed by atoms with E-state index in [4.69, 9.17) is 0 Å². The standard InChI is InChI=1S/C22H32N2O/c1-14(2)17-7-6-8-19(13-17)22(4,5)24-21(25)23-15(3)20-12-16-9-10-18(20)11-16/h6-8,13,15-16,18,20H,1,9-12H2,2-5H3,(H2,23,24,25)/t15-,16-,18-,20+/m0/s1. The maximum Gasteiger partial charge on any atom is 0.315 e. The predicted octanol–water partition coefficient (Wildman–Crippen LogP) is 5.08. The molecule has 2 N–H and O–H groups in total. The number of hydrogen-bond donors (Lipinski definition) is 2. The second kappa shape index (κ2) is 6.86. The van der Waals surface area contributed by atoms with E-state index in [2.05, 4.69) is 42.3 Å². The van der Waals surface area contributed by atoms with E-state index in [1.807, 2.05) is 26.8 Å². The van der Waals surface area contributed by atoms with Gasteiger partial charge in [-0.25, -0.2) is 4.79 Å². The molecule has 0 spiro atoms. The van der Waals surface area contributed by atoms with Crippen molar-refractivity contribution >= 4 is 11.6 Å². The van der Waals surface area contributed by atoms with E-state index in [0.29, 0.717) is 5.92 Å². The van der Waals surface area contributed by atoms with Gasteiger partial charge in [-0.15, -0.1) is 0 Å². The average molecular weight is 341 g/mol. The minimum Gasteiger partial charge on any atom is -0.335 e. The fraction of sp³-hybridized carbons (Fsp3) is 0.591. The molecule has 1 aromatic carbocycles. The highest BCUT2D eigenvalue weighted by molar-refractivity contribution is 5.75. The number of rotatable bonds is 5. The summed E-state index contributed by atoms with van der Waals surface area (Å²) in [6, 6.07) is 8.43. The van der Waals surface area contributed by atoms with Crippen molar-refractivity contribution in [1.29, 1.82) is 0 Å². The molecule has 0 heterocycles. The number of nitrogens with one attached hydrogen (secondary N) is 2. The second-order valence-corrected chi connectivity index (χ2v) is 8.71. The zero-order valence-electron chi connectivity index (χ0n) is 16.1. The molecule has 2 bridgehead atoms. The number of amides is 2. The number of allylic oxidation sites excluding steroid dienone is 1. The molecular weight excluding hydrogens is 308 g/mol. The fourth-order valence-corrected chi connectivity index (χ4v) is 4.79. The molecule has 4 atom stereocenters. The molecule has 3 heteroatoms. The van der Waals surface area contributed by atoms with Crippen LogP contribution in [0.2, 0.25) is 0 Å². The van der Waals surface area contributed by atoms with Gasteiger partial charge in [0, 0.05) is 6.04 Å². The molecule has 3 nitrogen and oxygen atoms in total. The highest BCUT2D eigenvalue weighted by atomic mass is 16.2. The van der Waals surface area contributed by atoms with Gasteiger partial charge < -0.3 is 10.6 Å². The summed E-state index contributed by atoms with van der Waals surface area (Å²) < 4.78 is 0. The van der Waals surface area contributed by atoms with Gasteiger partial charge in [-0.2, -0.15) is 0 Å². The third-order valence-corrected chi connectivity index (χ3v) is 6.30. The van der Waals surface area contributed by atoms with Crippen LogP contribution in [0.25, 0.3) is 5.57 Å². The Balaban J connectivity index is 1.61. The van der Waals surface area contributed by atoms with Crippen LogP contribution in [0.15, 0.2) is 30.8 Å². The van der Waals surface area contributed by atoms with Crippen molar-refractivity contribution < 1.29 is 4.79 Å². The van der Waals surface area contributed by atoms with Gasteiger partial charge in [-0.3, -0.25) is 0 Å². The number of hydrogen-bond acceptors (Lipinski definition) is 1. The summed E-state index contributed by atoms with van der Waals surface area (Å²) in [7, 11) is 0. The van der Waals surface area contributed by atoms with E-state index in [1.54, 1.807) is 0 Å². The number of carbonyl (C=O) groups is 1. The maximum atomic E-state index is 12.6. The largest absolute Gasteiger partial charge is 0.335 e. The normalized spacial score (nSPS) is 26.3. The Kier molecular flexibility index (Phi) is 4.95. The van der Waals surface area contributed by atoms with Gasteiger partial charge in [0.25, 0.3) is 0 Å². The monoisotopic (exact) mass is 340 g/mol. The molecule has 25 heavy (non-hydrogen) atoms. The summed E-state index contributed by atoms with van der Waals surface area (Å²) >= 11 is 0. The lowest BCUT2D eigenvalue weighted by molar-refractivity contribution is 0.211. The van der Waals surface area contributed by atoms with Crippen LogP contribution in [-0.4, -0.2) is 12.1 Å². The van der Waals surface area contributed by atoms with E-state index in [-0.39, 0.29) is 12.1 Å². The van der Waals surface area contributed by atoms with E-state index in [1.165, 1.54) is 25.7 Å². The van der Waals surface area contributed by atoms with Crippen molar-refractivity contribution in [2.24, 2.45) is 17.8 Å². The van der Waals surface area contributed by atoms with Gasteiger partial charge >= 0.3 is 6.03 Å². The van der Waals surface area contributed by atoms with Crippen molar-refractivity contribution in [2.75, 3.05) is 0 Å². The quantitative estimate of drug-likeness (QED) is 0.771. The minimum absolute atomic E-state index is 0.0685. The Morgan fingerprint density at radius 1 is 1.28 bits per heavy atom. The Hall–Kier alpha value is -1.77. The smallest absolute Gasteiger partial charge is 0.315 e. The van der Waals surface area contributed by atoms with Crippen molar-refractivity contribution in [3.63, 3.8) is 0 Å². The van der Waals surface area contributed by atoms with Crippen LogP contribution in [0.4, 0.5) is 4.79 Å². The summed E-state index contributed by atoms with van der Waals surface area (Å²) in [5, 5.41) is 6.36. The maximum absolute atomic E-state index is 12.6. The van der Waals surface area contributed by atoms with Gasteiger partial charge in [-0.1, -0.05) is 36.8 Å². The second-order valence-electron chi connectivity index (χ2n) is 8.71. The molecule has 0 aliphatic heterocycles. The molecule has 3 rings (SSSR count). The molecule has 2 aliphatic carbocycles. The molecule has 2 fully saturated rings. The summed E-state index contributed by atoms with van der Waals surface area (Å²) in [5.41, 5.74) is 2.81. The van der Waals surface area contributed by atoms with Gasteiger partial charge in [0.15, 0.2) is 0 Å². The number of carbonyl (C=O) groups excluding carboxylic acids is 1. The molecule has 0 saturated heterocycles. The molecule has 2 amide bonds. The first-order chi connectivity index (χ1) is 11.8. The molecule has 0 unspecified atom stereocenters. The van der Waals surface area contributed by atoms with Crippen LogP contribution < -0.4 is 10.6 Å². The zero-order chi connectivity index (χ0) is 18.2. The molecule has 2 saturated carbocycles. The van der Waals surface area contributed by atoms with E-state index < -0.39 is 5.54 Å². The summed E-state index contributed by atoms with van der Waals surface area (Å²) in [6.45, 7) is 12.3. The van der Waals surface area contributed by atoms with Crippen LogP contribution in [0.3, 0.4) is 0 Å². The lowest BCUT2D eigenvalue weighted by atomic mass is 9.84. The first-order valence-corrected chi connectivity index (χ1v) is 9.61. The third kappa shape index (κ3) is 3.91. The lowest BCUT2D eigenvalue weighted by Gasteiger charge is -2.32. The number of benzene rings is 1. The fourth-order valence-electron chi connectivity index (χ4n) is 4.79. The van der Waals surface area contributed by atoms with Crippen molar-refractivity contribution in [3.05, 3.63) is 42.0 Å². The van der Waals surface area contributed by atoms with Crippen molar-refractivity contribution in [3.8, 4) is 0 Å². The van der Waals surface area contributed by atoms with Crippen LogP contribution >= 0.6 is 0 Å². The Bertz CT molecular complexity index is 664. The van der Waals surface area contributed by atoms with Crippen LogP contribution in [0.5, 0.6) is 0 Å². The highest BCUT2D eigenvalue weighted by Gasteiger charge is 2.42. The Labute approximate surface area is 152 Å². The number of fused-ring (bicyclic) bond motifs is 2. The van der Waals surface area contributed by atoms with E-state index in [0.717, 1.165) is 28.5 Å². The zero-order valence-corrected chi connectivity index (χ0v) is 16.1. The molecule has 2 aliphatic rings. The highest BCUT2D eigenvalue weighted by Crippen LogP contribution is 2.49. The lowest BCUT2D eigenvalue weighted by Crippen LogP contribution is -2.51. The van der Waals surface area contributed by atoms with Gasteiger partial charge in [0.2, 0.25) is 0 Å². The predicted molar refractivity (Wildman–Crippen MR) is 104 cm³/mol. The average Bonchev–Trinajstić information content (AvgIpc) is 3.17. The third-order valence-electron chi connectivity index (χ3n) is 6.30. The Morgan fingerprint density at radius 3 is 2.64 bits per heavy atom. The number of urea groups is 1. The van der Waals surface area contributed by atoms with Gasteiger partial charge in [-0.05, 0) is 81.9 Å². The van der Waals surface area contributed by atoms with E-state index >= 15 is 0 Å². The van der Waals surface area contributed by atoms with E-state index in [9.17, 15) is 4.79 Å². The first kappa shape index (κ1) is 18.0. The van der Waals surface area contributed by atoms with Gasteiger partial charge in [0.05, 0.1) is 5.54 Å². The van der Waals surface area contributed by atoms with Crippen LogP contribution in [0.1, 0.15) is 64.5 Å². The molecule has 0 aromatic heterocycles. The van der Waals surface area contributed by atoms with Crippen molar-refractivity contribution in [1.82, 2.24) is 10.6 Å². The van der Waals surface area contributed by atoms with Crippen LogP contribution in [-0.2, 0) is 5.54 Å². The molecule has 1 aromatic rings. The van der Waals surface area contributed by atoms with Crippen LogP contribution in [0, 0.1) is 17.8 Å². The topological polar surface area (TPSA) is 41.1 Å². The molecular formula is C22H32N2O. The summed E-state index contributed by atoms with van der Waals surface area (Å²) in [4.78, 5) is 12.6. The van der Waals surface area contributed by atoms with Crippen molar-refractivity contribution in [2.45, 2.75) is 65.0 Å². The SMILES string of the molecule is C=C(C)c1cccc(C(C)(C)NC(=O)N[C@@H](C)[C@H]2C[C@H]3CC[C@H]2C3)c1.